The van der Waals surface area contributed by atoms with E-state index in [9.17, 15) is 23.6 Å². The third-order valence-corrected chi connectivity index (χ3v) is 5.52. The third-order valence-electron chi connectivity index (χ3n) is 5.27. The van der Waals surface area contributed by atoms with Crippen LogP contribution < -0.4 is 10.6 Å². The van der Waals surface area contributed by atoms with Crippen LogP contribution in [0.4, 0.5) is 14.9 Å². The molecule has 32 heavy (non-hydrogen) atoms. The number of nitrogens with zero attached hydrogens (tertiary/aromatic N) is 2. The highest BCUT2D eigenvalue weighted by molar-refractivity contribution is 6.30. The quantitative estimate of drug-likeness (QED) is 0.620. The summed E-state index contributed by atoms with van der Waals surface area (Å²) in [6.07, 6.45) is 0.216. The number of nitrogens with one attached hydrogen (secondary N) is 2. The fraction of sp³-hybridized carbons (Fsp3) is 0.273. The molecule has 0 radical (unpaired) electrons. The molecular formula is C22H22ClFN4O4. The summed E-state index contributed by atoms with van der Waals surface area (Å²) in [5.74, 6) is -2.12. The van der Waals surface area contributed by atoms with E-state index in [2.05, 4.69) is 10.6 Å². The van der Waals surface area contributed by atoms with Gasteiger partial charge < -0.3 is 15.5 Å². The first-order valence-electron chi connectivity index (χ1n) is 9.86. The lowest BCUT2D eigenvalue weighted by molar-refractivity contribution is -0.139. The molecule has 1 aliphatic heterocycles. The molecule has 3 rings (SSSR count). The van der Waals surface area contributed by atoms with Crippen molar-refractivity contribution < 1.29 is 23.6 Å². The SMILES string of the molecule is CC[C@]1(c2ccc(F)cc2)NC(=O)N(CC(=O)N(C)CC(=O)Nc2ccc(Cl)cc2)C1=O. The van der Waals surface area contributed by atoms with E-state index in [1.165, 1.54) is 31.3 Å². The molecule has 2 aromatic rings. The number of imide groups is 1. The van der Waals surface area contributed by atoms with Gasteiger partial charge in [-0.25, -0.2) is 9.18 Å². The van der Waals surface area contributed by atoms with Crippen LogP contribution in [0.25, 0.3) is 0 Å². The van der Waals surface area contributed by atoms with Crippen LogP contribution in [0.5, 0.6) is 0 Å². The first kappa shape index (κ1) is 23.2. The summed E-state index contributed by atoms with van der Waals surface area (Å²) in [6.45, 7) is 0.903. The summed E-state index contributed by atoms with van der Waals surface area (Å²) < 4.78 is 13.3. The number of hydrogen-bond donors (Lipinski definition) is 2. The zero-order chi connectivity index (χ0) is 23.5. The van der Waals surface area contributed by atoms with E-state index in [1.807, 2.05) is 0 Å². The Morgan fingerprint density at radius 1 is 1.12 bits per heavy atom. The predicted molar refractivity (Wildman–Crippen MR) is 116 cm³/mol. The van der Waals surface area contributed by atoms with Crippen LogP contribution in [0, 0.1) is 5.82 Å². The summed E-state index contributed by atoms with van der Waals surface area (Å²) in [7, 11) is 1.40. The average molecular weight is 461 g/mol. The number of carbonyl (C=O) groups excluding carboxylic acids is 4. The van der Waals surface area contributed by atoms with Crippen LogP contribution in [-0.4, -0.2) is 53.7 Å². The minimum atomic E-state index is -1.38. The number of hydrogen-bond acceptors (Lipinski definition) is 4. The number of amides is 5. The highest BCUT2D eigenvalue weighted by atomic mass is 35.5. The third kappa shape index (κ3) is 4.72. The minimum Gasteiger partial charge on any atom is -0.335 e. The highest BCUT2D eigenvalue weighted by Crippen LogP contribution is 2.32. The molecule has 8 nitrogen and oxygen atoms in total. The standard InChI is InChI=1S/C22H22ClFN4O4/c1-3-22(14-4-8-16(24)9-5-14)20(31)28(21(32)26-22)13-19(30)27(2)12-18(29)25-17-10-6-15(23)7-11-17/h4-11H,3,12-13H2,1-2H3,(H,25,29)(H,26,32)/t22-/m1/s1. The van der Waals surface area contributed by atoms with Gasteiger partial charge in [-0.15, -0.1) is 0 Å². The summed E-state index contributed by atoms with van der Waals surface area (Å²) in [5.41, 5.74) is -0.443. The molecule has 10 heteroatoms. The van der Waals surface area contributed by atoms with Crippen molar-refractivity contribution in [3.8, 4) is 0 Å². The molecule has 0 aliphatic carbocycles. The molecule has 1 atom stereocenters. The molecule has 5 amide bonds. The molecule has 1 heterocycles. The van der Waals surface area contributed by atoms with Crippen molar-refractivity contribution in [2.45, 2.75) is 18.9 Å². The Bertz CT molecular complexity index is 1040. The molecule has 2 N–H and O–H groups in total. The van der Waals surface area contributed by atoms with Gasteiger partial charge in [-0.1, -0.05) is 30.7 Å². The summed E-state index contributed by atoms with van der Waals surface area (Å²) in [6, 6.07) is 11.0. The lowest BCUT2D eigenvalue weighted by Crippen LogP contribution is -2.46. The second-order valence-electron chi connectivity index (χ2n) is 7.39. The Morgan fingerprint density at radius 2 is 1.75 bits per heavy atom. The van der Waals surface area contributed by atoms with Gasteiger partial charge in [0.15, 0.2) is 0 Å². The Morgan fingerprint density at radius 3 is 2.34 bits per heavy atom. The van der Waals surface area contributed by atoms with Gasteiger partial charge in [-0.05, 0) is 48.4 Å². The maximum atomic E-state index is 13.3. The second kappa shape index (κ2) is 9.35. The van der Waals surface area contributed by atoms with E-state index < -0.39 is 41.7 Å². The molecule has 168 valence electrons. The Hall–Kier alpha value is -3.46. The largest absolute Gasteiger partial charge is 0.335 e. The predicted octanol–water partition coefficient (Wildman–Crippen LogP) is 2.73. The van der Waals surface area contributed by atoms with Gasteiger partial charge in [0.25, 0.3) is 5.91 Å². The summed E-state index contributed by atoms with van der Waals surface area (Å²) in [4.78, 5) is 52.3. The van der Waals surface area contributed by atoms with E-state index >= 15 is 0 Å². The lowest BCUT2D eigenvalue weighted by atomic mass is 9.87. The van der Waals surface area contributed by atoms with Crippen LogP contribution in [0.1, 0.15) is 18.9 Å². The van der Waals surface area contributed by atoms with Crippen molar-refractivity contribution in [3.63, 3.8) is 0 Å². The monoisotopic (exact) mass is 460 g/mol. The average Bonchev–Trinajstić information content (AvgIpc) is 3.00. The topological polar surface area (TPSA) is 98.8 Å². The van der Waals surface area contributed by atoms with Gasteiger partial charge in [-0.3, -0.25) is 19.3 Å². The number of benzene rings is 2. The zero-order valence-corrected chi connectivity index (χ0v) is 18.3. The van der Waals surface area contributed by atoms with Crippen molar-refractivity contribution in [3.05, 3.63) is 64.9 Å². The molecule has 1 aliphatic rings. The van der Waals surface area contributed by atoms with Gasteiger partial charge in [-0.2, -0.15) is 0 Å². The molecular weight excluding hydrogens is 439 g/mol. The molecule has 1 fully saturated rings. The van der Waals surface area contributed by atoms with E-state index in [1.54, 1.807) is 31.2 Å². The second-order valence-corrected chi connectivity index (χ2v) is 7.83. The van der Waals surface area contributed by atoms with Crippen LogP contribution >= 0.6 is 11.6 Å². The molecule has 0 unspecified atom stereocenters. The molecule has 0 bridgehead atoms. The number of carbonyl (C=O) groups is 4. The van der Waals surface area contributed by atoms with Crippen LogP contribution in [-0.2, 0) is 19.9 Å². The summed E-state index contributed by atoms with van der Waals surface area (Å²) >= 11 is 5.81. The maximum absolute atomic E-state index is 13.3. The number of anilines is 1. The van der Waals surface area contributed by atoms with Crippen molar-refractivity contribution in [2.75, 3.05) is 25.5 Å². The minimum absolute atomic E-state index is 0.216. The van der Waals surface area contributed by atoms with E-state index in [0.717, 1.165) is 9.80 Å². The van der Waals surface area contributed by atoms with Crippen molar-refractivity contribution in [1.82, 2.24) is 15.1 Å². The van der Waals surface area contributed by atoms with Gasteiger partial charge in [0.2, 0.25) is 11.8 Å². The zero-order valence-electron chi connectivity index (χ0n) is 17.5. The van der Waals surface area contributed by atoms with Crippen LogP contribution in [0.2, 0.25) is 5.02 Å². The smallest absolute Gasteiger partial charge is 0.325 e. The summed E-state index contributed by atoms with van der Waals surface area (Å²) in [5, 5.41) is 5.78. The number of rotatable bonds is 7. The van der Waals surface area contributed by atoms with Gasteiger partial charge in [0.05, 0.1) is 6.54 Å². The van der Waals surface area contributed by atoms with Crippen molar-refractivity contribution in [1.29, 1.82) is 0 Å². The van der Waals surface area contributed by atoms with E-state index in [4.69, 9.17) is 11.6 Å². The van der Waals surface area contributed by atoms with Crippen molar-refractivity contribution in [2.24, 2.45) is 0 Å². The Labute approximate surface area is 189 Å². The van der Waals surface area contributed by atoms with E-state index in [-0.39, 0.29) is 13.0 Å². The maximum Gasteiger partial charge on any atom is 0.325 e. The highest BCUT2D eigenvalue weighted by Gasteiger charge is 2.51. The van der Waals surface area contributed by atoms with Gasteiger partial charge >= 0.3 is 6.03 Å². The van der Waals surface area contributed by atoms with Gasteiger partial charge in [0, 0.05) is 17.8 Å². The molecule has 0 aromatic heterocycles. The molecule has 1 saturated heterocycles. The number of urea groups is 1. The van der Waals surface area contributed by atoms with Crippen LogP contribution in [0.3, 0.4) is 0 Å². The van der Waals surface area contributed by atoms with Gasteiger partial charge in [0.1, 0.15) is 17.9 Å². The normalized spacial score (nSPS) is 17.8. The number of halogens is 2. The lowest BCUT2D eigenvalue weighted by Gasteiger charge is -2.26. The number of likely N-dealkylation sites (N-methyl/N-ethyl adjacent to an activating group) is 1. The first-order valence-corrected chi connectivity index (χ1v) is 10.2. The van der Waals surface area contributed by atoms with E-state index in [0.29, 0.717) is 16.3 Å². The molecule has 0 saturated carbocycles. The fourth-order valence-corrected chi connectivity index (χ4v) is 3.56. The Kier molecular flexibility index (Phi) is 6.78. The Balaban J connectivity index is 1.65. The van der Waals surface area contributed by atoms with Crippen molar-refractivity contribution >= 4 is 41.0 Å². The fourth-order valence-electron chi connectivity index (χ4n) is 3.44. The molecule has 2 aromatic carbocycles. The van der Waals surface area contributed by atoms with Crippen LogP contribution in [0.15, 0.2) is 48.5 Å². The first-order chi connectivity index (χ1) is 15.2. The molecule has 0 spiro atoms.